The van der Waals surface area contributed by atoms with Gasteiger partial charge in [-0.15, -0.1) is 0 Å². The van der Waals surface area contributed by atoms with Gasteiger partial charge in [0.1, 0.15) is 0 Å². The zero-order chi connectivity index (χ0) is 12.6. The summed E-state index contributed by atoms with van der Waals surface area (Å²) >= 11 is 0. The van der Waals surface area contributed by atoms with Crippen molar-refractivity contribution in [3.8, 4) is 0 Å². The molecule has 3 heteroatoms. The van der Waals surface area contributed by atoms with Gasteiger partial charge >= 0.3 is 0 Å². The first-order chi connectivity index (χ1) is 7.72. The van der Waals surface area contributed by atoms with Gasteiger partial charge in [-0.3, -0.25) is 0 Å². The van der Waals surface area contributed by atoms with Gasteiger partial charge < -0.3 is 15.3 Å². The van der Waals surface area contributed by atoms with Crippen LogP contribution in [0, 0.1) is 17.3 Å². The Morgan fingerprint density at radius 3 is 2.53 bits per heavy atom. The number of aliphatic hydroxyl groups is 3. The van der Waals surface area contributed by atoms with Gasteiger partial charge in [0.25, 0.3) is 0 Å². The molecule has 5 atom stereocenters. The van der Waals surface area contributed by atoms with Crippen molar-refractivity contribution in [2.45, 2.75) is 56.8 Å². The van der Waals surface area contributed by atoms with Crippen LogP contribution < -0.4 is 0 Å². The highest BCUT2D eigenvalue weighted by molar-refractivity contribution is 5.35. The van der Waals surface area contributed by atoms with E-state index in [1.165, 1.54) is 0 Å². The van der Waals surface area contributed by atoms with Crippen molar-refractivity contribution in [2.75, 3.05) is 0 Å². The molecular weight excluding hydrogens is 216 g/mol. The van der Waals surface area contributed by atoms with E-state index in [1.807, 2.05) is 0 Å². The van der Waals surface area contributed by atoms with E-state index >= 15 is 0 Å². The maximum atomic E-state index is 11.0. The Morgan fingerprint density at radius 1 is 1.24 bits per heavy atom. The third-order valence-electron chi connectivity index (χ3n) is 5.61. The second kappa shape index (κ2) is 2.95. The van der Waals surface area contributed by atoms with E-state index in [0.717, 1.165) is 12.8 Å². The first-order valence-corrected chi connectivity index (χ1v) is 6.54. The molecule has 0 bridgehead atoms. The lowest BCUT2D eigenvalue weighted by Gasteiger charge is -2.41. The summed E-state index contributed by atoms with van der Waals surface area (Å²) in [7, 11) is 0. The number of hydrogen-bond acceptors (Lipinski definition) is 3. The van der Waals surface area contributed by atoms with Crippen molar-refractivity contribution >= 4 is 0 Å². The SMILES string of the molecule is C=C1[C@@H](O)C[C@H]2C[C@]3(O)CCC(C)(C)[C@@H]3[C@@]12O. The second-order valence-corrected chi connectivity index (χ2v) is 7.03. The highest BCUT2D eigenvalue weighted by Gasteiger charge is 2.71. The Bertz CT molecular complexity index is 389. The number of hydrogen-bond donors (Lipinski definition) is 3. The van der Waals surface area contributed by atoms with Gasteiger partial charge in [0.15, 0.2) is 0 Å². The summed E-state index contributed by atoms with van der Waals surface area (Å²) in [5.41, 5.74) is -1.38. The number of fused-ring (bicyclic) bond motifs is 3. The molecule has 0 spiro atoms. The van der Waals surface area contributed by atoms with Crippen LogP contribution in [-0.2, 0) is 0 Å². The first-order valence-electron chi connectivity index (χ1n) is 6.54. The predicted octanol–water partition coefficient (Wildman–Crippen LogP) is 1.23. The summed E-state index contributed by atoms with van der Waals surface area (Å²) < 4.78 is 0. The molecule has 0 aromatic heterocycles. The zero-order valence-electron chi connectivity index (χ0n) is 10.6. The lowest BCUT2D eigenvalue weighted by Crippen LogP contribution is -2.48. The monoisotopic (exact) mass is 238 g/mol. The topological polar surface area (TPSA) is 60.7 Å². The minimum absolute atomic E-state index is 0.0282. The van der Waals surface area contributed by atoms with Crippen LogP contribution in [0.2, 0.25) is 0 Å². The maximum absolute atomic E-state index is 11.0. The van der Waals surface area contributed by atoms with E-state index in [-0.39, 0.29) is 17.3 Å². The van der Waals surface area contributed by atoms with E-state index in [0.29, 0.717) is 18.4 Å². The van der Waals surface area contributed by atoms with E-state index in [4.69, 9.17) is 0 Å². The molecule has 17 heavy (non-hydrogen) atoms. The summed E-state index contributed by atoms with van der Waals surface area (Å²) in [6.07, 6.45) is 2.23. The summed E-state index contributed by atoms with van der Waals surface area (Å²) in [5, 5.41) is 31.7. The number of rotatable bonds is 0. The molecule has 0 unspecified atom stereocenters. The first kappa shape index (κ1) is 11.7. The van der Waals surface area contributed by atoms with Crippen LogP contribution in [-0.4, -0.2) is 32.6 Å². The highest BCUT2D eigenvalue weighted by Crippen LogP contribution is 2.67. The molecular formula is C14H22O3. The summed E-state index contributed by atoms with van der Waals surface area (Å²) in [6, 6.07) is 0. The molecule has 0 aliphatic heterocycles. The fourth-order valence-corrected chi connectivity index (χ4v) is 4.99. The van der Waals surface area contributed by atoms with Crippen LogP contribution in [0.3, 0.4) is 0 Å². The standard InChI is InChI=1S/C14H22O3/c1-8-10(15)6-9-7-13(16)5-4-12(2,3)11(13)14(8,9)17/h9-11,15-17H,1,4-7H2,2-3H3/t9-,10-,11-,13+,14+/m0/s1. The van der Waals surface area contributed by atoms with Gasteiger partial charge in [-0.2, -0.15) is 0 Å². The average Bonchev–Trinajstić information content (AvgIpc) is 2.66. The van der Waals surface area contributed by atoms with Gasteiger partial charge in [0.05, 0.1) is 17.3 Å². The van der Waals surface area contributed by atoms with Crippen molar-refractivity contribution in [2.24, 2.45) is 17.3 Å². The maximum Gasteiger partial charge on any atom is 0.0969 e. The average molecular weight is 238 g/mol. The summed E-state index contributed by atoms with van der Waals surface area (Å²) in [4.78, 5) is 0. The van der Waals surface area contributed by atoms with Crippen LogP contribution in [0.4, 0.5) is 0 Å². The Kier molecular flexibility index (Phi) is 2.03. The third kappa shape index (κ3) is 1.18. The predicted molar refractivity (Wildman–Crippen MR) is 64.3 cm³/mol. The molecule has 0 radical (unpaired) electrons. The van der Waals surface area contributed by atoms with Crippen molar-refractivity contribution in [1.82, 2.24) is 0 Å². The largest absolute Gasteiger partial charge is 0.389 e. The molecule has 3 N–H and O–H groups in total. The molecule has 3 aliphatic rings. The molecule has 3 nitrogen and oxygen atoms in total. The molecule has 0 amide bonds. The molecule has 0 aromatic rings. The zero-order valence-corrected chi connectivity index (χ0v) is 10.6. The van der Waals surface area contributed by atoms with Crippen LogP contribution in [0.15, 0.2) is 12.2 Å². The smallest absolute Gasteiger partial charge is 0.0969 e. The van der Waals surface area contributed by atoms with E-state index in [9.17, 15) is 15.3 Å². The van der Waals surface area contributed by atoms with Gasteiger partial charge in [0.2, 0.25) is 0 Å². The number of aliphatic hydroxyl groups excluding tert-OH is 1. The minimum atomic E-state index is -1.06. The van der Waals surface area contributed by atoms with Gasteiger partial charge in [-0.05, 0) is 42.6 Å². The van der Waals surface area contributed by atoms with Gasteiger partial charge in [-0.25, -0.2) is 0 Å². The Labute approximate surface area is 102 Å². The van der Waals surface area contributed by atoms with Crippen LogP contribution in [0.1, 0.15) is 39.5 Å². The Balaban J connectivity index is 2.11. The summed E-state index contributed by atoms with van der Waals surface area (Å²) in [6.45, 7) is 8.11. The quantitative estimate of drug-likeness (QED) is 0.556. The summed E-state index contributed by atoms with van der Waals surface area (Å²) in [5.74, 6) is -0.211. The molecule has 0 aromatic carbocycles. The molecule has 3 saturated carbocycles. The van der Waals surface area contributed by atoms with E-state index < -0.39 is 17.3 Å². The molecule has 0 heterocycles. The fourth-order valence-electron chi connectivity index (χ4n) is 4.99. The van der Waals surface area contributed by atoms with Crippen molar-refractivity contribution < 1.29 is 15.3 Å². The highest BCUT2D eigenvalue weighted by atomic mass is 16.3. The fraction of sp³-hybridized carbons (Fsp3) is 0.857. The lowest BCUT2D eigenvalue weighted by atomic mass is 9.69. The normalized spacial score (nSPS) is 56.1. The van der Waals surface area contributed by atoms with Gasteiger partial charge in [0, 0.05) is 5.92 Å². The van der Waals surface area contributed by atoms with Crippen LogP contribution in [0.25, 0.3) is 0 Å². The van der Waals surface area contributed by atoms with Gasteiger partial charge in [-0.1, -0.05) is 20.4 Å². The Hall–Kier alpha value is -0.380. The van der Waals surface area contributed by atoms with E-state index in [1.54, 1.807) is 0 Å². The van der Waals surface area contributed by atoms with Crippen LogP contribution >= 0.6 is 0 Å². The molecule has 3 aliphatic carbocycles. The van der Waals surface area contributed by atoms with Crippen molar-refractivity contribution in [3.63, 3.8) is 0 Å². The van der Waals surface area contributed by atoms with E-state index in [2.05, 4.69) is 20.4 Å². The Morgan fingerprint density at radius 2 is 1.88 bits per heavy atom. The van der Waals surface area contributed by atoms with Crippen molar-refractivity contribution in [3.05, 3.63) is 12.2 Å². The molecule has 96 valence electrons. The molecule has 3 rings (SSSR count). The van der Waals surface area contributed by atoms with Crippen molar-refractivity contribution in [1.29, 1.82) is 0 Å². The van der Waals surface area contributed by atoms with Crippen LogP contribution in [0.5, 0.6) is 0 Å². The minimum Gasteiger partial charge on any atom is -0.389 e. The lowest BCUT2D eigenvalue weighted by molar-refractivity contribution is -0.0769. The molecule has 3 fully saturated rings. The third-order valence-corrected chi connectivity index (χ3v) is 5.61. The molecule has 0 saturated heterocycles. The second-order valence-electron chi connectivity index (χ2n) is 7.03.